The zero-order valence-corrected chi connectivity index (χ0v) is 10.8. The molecule has 2 aromatic heterocycles. The van der Waals surface area contributed by atoms with Crippen LogP contribution in [0.1, 0.15) is 5.56 Å². The molecular formula is C14H10ClFN2O. The molecule has 3 rings (SSSR count). The number of nitrogens with zero attached hydrogens (tertiary/aromatic N) is 1. The van der Waals surface area contributed by atoms with Gasteiger partial charge in [-0.3, -0.25) is 0 Å². The number of fused-ring (bicyclic) bond motifs is 1. The zero-order chi connectivity index (χ0) is 13.6. The number of aromatic amines is 1. The molecule has 0 aliphatic carbocycles. The van der Waals surface area contributed by atoms with Gasteiger partial charge < -0.3 is 10.1 Å². The summed E-state index contributed by atoms with van der Waals surface area (Å²) < 4.78 is 13.6. The van der Waals surface area contributed by atoms with E-state index in [1.165, 1.54) is 12.1 Å². The first-order valence-corrected chi connectivity index (χ1v) is 6.08. The maximum Gasteiger partial charge on any atom is 0.143 e. The number of hydrogen-bond acceptors (Lipinski definition) is 2. The van der Waals surface area contributed by atoms with Gasteiger partial charge in [-0.1, -0.05) is 17.7 Å². The molecule has 3 aromatic rings. The average Bonchev–Trinajstić information content (AvgIpc) is 2.79. The number of aryl methyl sites for hydroxylation is 1. The second kappa shape index (κ2) is 4.24. The van der Waals surface area contributed by atoms with Crippen molar-refractivity contribution in [2.75, 3.05) is 0 Å². The van der Waals surface area contributed by atoms with Crippen LogP contribution >= 0.6 is 11.6 Å². The van der Waals surface area contributed by atoms with Gasteiger partial charge in [-0.15, -0.1) is 0 Å². The predicted octanol–water partition coefficient (Wildman–Crippen LogP) is 4.04. The fraction of sp³-hybridized carbons (Fsp3) is 0.0714. The van der Waals surface area contributed by atoms with E-state index in [-0.39, 0.29) is 11.6 Å². The highest BCUT2D eigenvalue weighted by molar-refractivity contribution is 6.30. The third-order valence-corrected chi connectivity index (χ3v) is 3.38. The van der Waals surface area contributed by atoms with Crippen LogP contribution < -0.4 is 0 Å². The quantitative estimate of drug-likeness (QED) is 0.659. The van der Waals surface area contributed by atoms with Crippen molar-refractivity contribution in [1.82, 2.24) is 9.97 Å². The smallest absolute Gasteiger partial charge is 0.143 e. The van der Waals surface area contributed by atoms with Crippen molar-refractivity contribution < 1.29 is 9.50 Å². The van der Waals surface area contributed by atoms with E-state index in [4.69, 9.17) is 11.6 Å². The molecule has 3 nitrogen and oxygen atoms in total. The largest absolute Gasteiger partial charge is 0.506 e. The Labute approximate surface area is 113 Å². The lowest BCUT2D eigenvalue weighted by Crippen LogP contribution is -1.88. The summed E-state index contributed by atoms with van der Waals surface area (Å²) in [6.07, 6.45) is 0. The van der Waals surface area contributed by atoms with Gasteiger partial charge in [0.1, 0.15) is 22.4 Å². The maximum absolute atomic E-state index is 13.6. The van der Waals surface area contributed by atoms with Gasteiger partial charge in [0.25, 0.3) is 0 Å². The number of aromatic hydroxyl groups is 1. The summed E-state index contributed by atoms with van der Waals surface area (Å²) in [4.78, 5) is 7.15. The van der Waals surface area contributed by atoms with Gasteiger partial charge in [0.15, 0.2) is 0 Å². The molecule has 0 unspecified atom stereocenters. The van der Waals surface area contributed by atoms with Gasteiger partial charge in [-0.2, -0.15) is 0 Å². The van der Waals surface area contributed by atoms with Crippen LogP contribution in [0.5, 0.6) is 5.75 Å². The molecule has 0 atom stereocenters. The Kier molecular flexibility index (Phi) is 2.68. The number of nitrogens with one attached hydrogen (secondary N) is 1. The van der Waals surface area contributed by atoms with Crippen LogP contribution in [0, 0.1) is 12.7 Å². The van der Waals surface area contributed by atoms with E-state index in [0.29, 0.717) is 33.0 Å². The predicted molar refractivity (Wildman–Crippen MR) is 72.9 cm³/mol. The number of H-pyrrole nitrogens is 1. The maximum atomic E-state index is 13.6. The van der Waals surface area contributed by atoms with Crippen molar-refractivity contribution in [2.24, 2.45) is 0 Å². The Morgan fingerprint density at radius 1 is 1.32 bits per heavy atom. The van der Waals surface area contributed by atoms with E-state index < -0.39 is 0 Å². The van der Waals surface area contributed by atoms with Crippen LogP contribution in [0.25, 0.3) is 22.3 Å². The molecule has 0 amide bonds. The summed E-state index contributed by atoms with van der Waals surface area (Å²) in [5.41, 5.74) is 2.17. The van der Waals surface area contributed by atoms with Crippen LogP contribution in [0.2, 0.25) is 5.15 Å². The second-order valence-electron chi connectivity index (χ2n) is 4.35. The molecule has 0 saturated heterocycles. The number of pyridine rings is 1. The SMILES string of the molecule is Cc1cc(O)c(-c2cc3c(F)cccc3[nH]2)nc1Cl. The molecule has 96 valence electrons. The molecule has 0 fully saturated rings. The monoisotopic (exact) mass is 276 g/mol. The van der Waals surface area contributed by atoms with Crippen LogP contribution in [0.3, 0.4) is 0 Å². The lowest BCUT2D eigenvalue weighted by molar-refractivity contribution is 0.474. The number of aromatic nitrogens is 2. The van der Waals surface area contributed by atoms with Crippen molar-refractivity contribution in [3.8, 4) is 17.1 Å². The minimum absolute atomic E-state index is 0.00821. The van der Waals surface area contributed by atoms with Gasteiger partial charge in [0.2, 0.25) is 0 Å². The first-order chi connectivity index (χ1) is 9.06. The average molecular weight is 277 g/mol. The Morgan fingerprint density at radius 3 is 2.84 bits per heavy atom. The minimum atomic E-state index is -0.322. The number of halogens is 2. The molecular weight excluding hydrogens is 267 g/mol. The van der Waals surface area contributed by atoms with E-state index in [2.05, 4.69) is 9.97 Å². The van der Waals surface area contributed by atoms with Crippen molar-refractivity contribution in [3.63, 3.8) is 0 Å². The van der Waals surface area contributed by atoms with Crippen molar-refractivity contribution in [2.45, 2.75) is 6.92 Å². The van der Waals surface area contributed by atoms with Gasteiger partial charge in [-0.05, 0) is 36.8 Å². The number of hydrogen-bond donors (Lipinski definition) is 2. The number of rotatable bonds is 1. The molecule has 0 aliphatic rings. The molecule has 0 spiro atoms. The summed E-state index contributed by atoms with van der Waals surface area (Å²) in [5.74, 6) is -0.313. The van der Waals surface area contributed by atoms with Crippen molar-refractivity contribution >= 4 is 22.5 Å². The van der Waals surface area contributed by atoms with E-state index in [1.54, 1.807) is 25.1 Å². The molecule has 19 heavy (non-hydrogen) atoms. The Bertz CT molecular complexity index is 782. The number of benzene rings is 1. The summed E-state index contributed by atoms with van der Waals surface area (Å²) in [6.45, 7) is 1.75. The molecule has 1 aromatic carbocycles. The summed E-state index contributed by atoms with van der Waals surface area (Å²) >= 11 is 5.96. The summed E-state index contributed by atoms with van der Waals surface area (Å²) in [7, 11) is 0. The first kappa shape index (κ1) is 12.0. The Morgan fingerprint density at radius 2 is 2.11 bits per heavy atom. The molecule has 2 N–H and O–H groups in total. The van der Waals surface area contributed by atoms with E-state index in [0.717, 1.165) is 0 Å². The lowest BCUT2D eigenvalue weighted by atomic mass is 10.2. The third-order valence-electron chi connectivity index (χ3n) is 3.00. The second-order valence-corrected chi connectivity index (χ2v) is 4.71. The van der Waals surface area contributed by atoms with Crippen molar-refractivity contribution in [1.29, 1.82) is 0 Å². The Hall–Kier alpha value is -2.07. The van der Waals surface area contributed by atoms with Gasteiger partial charge in [-0.25, -0.2) is 9.37 Å². The molecule has 2 heterocycles. The normalized spacial score (nSPS) is 11.1. The molecule has 0 radical (unpaired) electrons. The summed E-state index contributed by atoms with van der Waals surface area (Å²) in [5, 5.41) is 10.7. The fourth-order valence-corrected chi connectivity index (χ4v) is 2.16. The standard InChI is InChI=1S/C14H10ClFN2O/c1-7-5-12(19)13(18-14(7)15)11-6-8-9(16)3-2-4-10(8)17-11/h2-6,17,19H,1H3. The van der Waals surface area contributed by atoms with Crippen LogP contribution in [0.4, 0.5) is 4.39 Å². The summed E-state index contributed by atoms with van der Waals surface area (Å²) in [6, 6.07) is 7.91. The van der Waals surface area contributed by atoms with Gasteiger partial charge >= 0.3 is 0 Å². The zero-order valence-electron chi connectivity index (χ0n) is 10.0. The fourth-order valence-electron chi connectivity index (χ4n) is 2.02. The van der Waals surface area contributed by atoms with Crippen LogP contribution in [-0.2, 0) is 0 Å². The van der Waals surface area contributed by atoms with Crippen LogP contribution in [-0.4, -0.2) is 15.1 Å². The molecule has 0 bridgehead atoms. The first-order valence-electron chi connectivity index (χ1n) is 5.70. The van der Waals surface area contributed by atoms with E-state index in [9.17, 15) is 9.50 Å². The van der Waals surface area contributed by atoms with E-state index in [1.807, 2.05) is 0 Å². The highest BCUT2D eigenvalue weighted by Crippen LogP contribution is 2.32. The van der Waals surface area contributed by atoms with Gasteiger partial charge in [0, 0.05) is 10.9 Å². The molecule has 0 saturated carbocycles. The molecule has 5 heteroatoms. The topological polar surface area (TPSA) is 48.9 Å². The minimum Gasteiger partial charge on any atom is -0.506 e. The van der Waals surface area contributed by atoms with E-state index >= 15 is 0 Å². The third kappa shape index (κ3) is 1.94. The molecule has 0 aliphatic heterocycles. The van der Waals surface area contributed by atoms with Crippen LogP contribution in [0.15, 0.2) is 30.3 Å². The highest BCUT2D eigenvalue weighted by atomic mass is 35.5. The lowest BCUT2D eigenvalue weighted by Gasteiger charge is -2.04. The highest BCUT2D eigenvalue weighted by Gasteiger charge is 2.13. The van der Waals surface area contributed by atoms with Gasteiger partial charge in [0.05, 0.1) is 5.69 Å². The van der Waals surface area contributed by atoms with Crippen molar-refractivity contribution in [3.05, 3.63) is 46.9 Å². The Balaban J connectivity index is 2.25.